The summed E-state index contributed by atoms with van der Waals surface area (Å²) in [6.07, 6.45) is 1.38. The normalized spacial score (nSPS) is 10.5. The molecule has 0 fully saturated rings. The second kappa shape index (κ2) is 8.17. The number of nitrogens with one attached hydrogen (secondary N) is 2. The predicted octanol–water partition coefficient (Wildman–Crippen LogP) is 3.60. The van der Waals surface area contributed by atoms with Crippen LogP contribution < -0.4 is 10.9 Å². The predicted molar refractivity (Wildman–Crippen MR) is 102 cm³/mol. The summed E-state index contributed by atoms with van der Waals surface area (Å²) in [4.78, 5) is 31.2. The number of aromatic nitrogens is 2. The topological polar surface area (TPSA) is 74.8 Å². The van der Waals surface area contributed by atoms with Crippen LogP contribution in [0.25, 0.3) is 11.4 Å². The summed E-state index contributed by atoms with van der Waals surface area (Å²) < 4.78 is 0. The van der Waals surface area contributed by atoms with Gasteiger partial charge >= 0.3 is 0 Å². The lowest BCUT2D eigenvalue weighted by molar-refractivity contribution is -0.120. The molecule has 3 rings (SSSR count). The van der Waals surface area contributed by atoms with Crippen molar-refractivity contribution in [2.45, 2.75) is 13.0 Å². The molecule has 26 heavy (non-hydrogen) atoms. The summed E-state index contributed by atoms with van der Waals surface area (Å²) in [7, 11) is 0. The molecule has 0 saturated carbocycles. The summed E-state index contributed by atoms with van der Waals surface area (Å²) in [5.74, 6) is 0.170. The molecule has 5 nitrogen and oxygen atoms in total. The SMILES string of the molecule is O=C(Cc1cnc(-c2ccc(Cl)cc2)[nH]c1=O)NCc1ccc(Cl)cc1. The number of carbonyl (C=O) groups excluding carboxylic acids is 1. The molecule has 7 heteroatoms. The van der Waals surface area contributed by atoms with Crippen LogP contribution in [0, 0.1) is 0 Å². The molecule has 0 aliphatic carbocycles. The Labute approximate surface area is 160 Å². The van der Waals surface area contributed by atoms with Gasteiger partial charge in [-0.05, 0) is 42.0 Å². The van der Waals surface area contributed by atoms with Crippen molar-refractivity contribution < 1.29 is 4.79 Å². The quantitative estimate of drug-likeness (QED) is 0.701. The summed E-state index contributed by atoms with van der Waals surface area (Å²) in [5.41, 5.74) is 1.63. The molecule has 0 aliphatic rings. The van der Waals surface area contributed by atoms with Gasteiger partial charge in [0.25, 0.3) is 5.56 Å². The number of carbonyl (C=O) groups is 1. The highest BCUT2D eigenvalue weighted by Gasteiger charge is 2.09. The molecule has 1 aromatic heterocycles. The molecule has 0 radical (unpaired) electrons. The number of rotatable bonds is 5. The van der Waals surface area contributed by atoms with E-state index in [1.54, 1.807) is 36.4 Å². The van der Waals surface area contributed by atoms with Crippen LogP contribution >= 0.6 is 23.2 Å². The molecule has 132 valence electrons. The van der Waals surface area contributed by atoms with Gasteiger partial charge in [0.15, 0.2) is 0 Å². The number of aromatic amines is 1. The van der Waals surface area contributed by atoms with Crippen LogP contribution in [0.1, 0.15) is 11.1 Å². The van der Waals surface area contributed by atoms with E-state index in [1.165, 1.54) is 6.20 Å². The number of halogens is 2. The highest BCUT2D eigenvalue weighted by molar-refractivity contribution is 6.30. The molecule has 3 aromatic rings. The Hall–Kier alpha value is -2.63. The third-order valence-electron chi connectivity index (χ3n) is 3.74. The standard InChI is InChI=1S/C19H15Cl2N3O2/c20-15-5-1-12(2-6-15)10-22-17(25)9-14-11-23-18(24-19(14)26)13-3-7-16(21)8-4-13/h1-8,11H,9-10H2,(H,22,25)(H,23,24,26). The van der Waals surface area contributed by atoms with E-state index in [9.17, 15) is 9.59 Å². The number of amides is 1. The van der Waals surface area contributed by atoms with E-state index in [1.807, 2.05) is 12.1 Å². The first-order chi connectivity index (χ1) is 12.5. The fourth-order valence-electron chi connectivity index (χ4n) is 2.34. The first-order valence-corrected chi connectivity index (χ1v) is 8.62. The molecule has 0 saturated heterocycles. The van der Waals surface area contributed by atoms with Crippen LogP contribution in [0.3, 0.4) is 0 Å². The molecule has 2 aromatic carbocycles. The lowest BCUT2D eigenvalue weighted by atomic mass is 10.2. The Bertz CT molecular complexity index is 967. The van der Waals surface area contributed by atoms with Gasteiger partial charge < -0.3 is 10.3 Å². The van der Waals surface area contributed by atoms with Gasteiger partial charge in [-0.15, -0.1) is 0 Å². The highest BCUT2D eigenvalue weighted by atomic mass is 35.5. The molecular formula is C19H15Cl2N3O2. The number of benzene rings is 2. The zero-order chi connectivity index (χ0) is 18.5. The Morgan fingerprint density at radius 1 is 1.00 bits per heavy atom. The summed E-state index contributed by atoms with van der Waals surface area (Å²) in [6.45, 7) is 0.365. The average Bonchev–Trinajstić information content (AvgIpc) is 2.63. The van der Waals surface area contributed by atoms with Crippen molar-refractivity contribution in [1.29, 1.82) is 0 Å². The van der Waals surface area contributed by atoms with Crippen molar-refractivity contribution in [2.24, 2.45) is 0 Å². The second-order valence-electron chi connectivity index (χ2n) is 5.67. The van der Waals surface area contributed by atoms with Crippen LogP contribution in [0.2, 0.25) is 10.0 Å². The molecule has 0 unspecified atom stereocenters. The van der Waals surface area contributed by atoms with Gasteiger partial charge in [0.05, 0.1) is 6.42 Å². The average molecular weight is 388 g/mol. The Morgan fingerprint density at radius 2 is 1.62 bits per heavy atom. The lowest BCUT2D eigenvalue weighted by Gasteiger charge is -2.06. The van der Waals surface area contributed by atoms with Gasteiger partial charge in [-0.25, -0.2) is 4.98 Å². The minimum atomic E-state index is -0.341. The monoisotopic (exact) mass is 387 g/mol. The smallest absolute Gasteiger partial charge is 0.254 e. The van der Waals surface area contributed by atoms with E-state index in [0.29, 0.717) is 28.0 Å². The molecule has 0 atom stereocenters. The zero-order valence-corrected chi connectivity index (χ0v) is 15.1. The number of hydrogen-bond donors (Lipinski definition) is 2. The van der Waals surface area contributed by atoms with Crippen molar-refractivity contribution in [3.63, 3.8) is 0 Å². The largest absolute Gasteiger partial charge is 0.352 e. The molecule has 2 N–H and O–H groups in total. The molecule has 0 bridgehead atoms. The van der Waals surface area contributed by atoms with E-state index in [2.05, 4.69) is 15.3 Å². The number of H-pyrrole nitrogens is 1. The minimum absolute atomic E-state index is 0.0448. The third-order valence-corrected chi connectivity index (χ3v) is 4.25. The summed E-state index contributed by atoms with van der Waals surface area (Å²) >= 11 is 11.7. The van der Waals surface area contributed by atoms with E-state index in [0.717, 1.165) is 11.1 Å². The molecular weight excluding hydrogens is 373 g/mol. The van der Waals surface area contributed by atoms with Crippen molar-refractivity contribution >= 4 is 29.1 Å². The van der Waals surface area contributed by atoms with Crippen LogP contribution in [0.15, 0.2) is 59.5 Å². The van der Waals surface area contributed by atoms with Gasteiger partial charge in [0, 0.05) is 33.9 Å². The van der Waals surface area contributed by atoms with Gasteiger partial charge in [-0.1, -0.05) is 35.3 Å². The fraction of sp³-hybridized carbons (Fsp3) is 0.105. The lowest BCUT2D eigenvalue weighted by Crippen LogP contribution is -2.27. The van der Waals surface area contributed by atoms with Crippen LogP contribution in [0.5, 0.6) is 0 Å². The molecule has 0 aliphatic heterocycles. The maximum atomic E-state index is 12.2. The zero-order valence-electron chi connectivity index (χ0n) is 13.6. The summed E-state index contributed by atoms with van der Waals surface area (Å²) in [5, 5.41) is 4.01. The van der Waals surface area contributed by atoms with Crippen molar-refractivity contribution in [2.75, 3.05) is 0 Å². The van der Waals surface area contributed by atoms with Crippen LogP contribution in [-0.4, -0.2) is 15.9 Å². The van der Waals surface area contributed by atoms with E-state index in [4.69, 9.17) is 23.2 Å². The molecule has 1 heterocycles. The molecule has 0 spiro atoms. The third kappa shape index (κ3) is 4.71. The first kappa shape index (κ1) is 18.2. The Morgan fingerprint density at radius 3 is 2.23 bits per heavy atom. The minimum Gasteiger partial charge on any atom is -0.352 e. The highest BCUT2D eigenvalue weighted by Crippen LogP contribution is 2.16. The number of hydrogen-bond acceptors (Lipinski definition) is 3. The van der Waals surface area contributed by atoms with Gasteiger partial charge in [-0.2, -0.15) is 0 Å². The van der Waals surface area contributed by atoms with E-state index < -0.39 is 0 Å². The molecule has 1 amide bonds. The maximum Gasteiger partial charge on any atom is 0.254 e. The fourth-order valence-corrected chi connectivity index (χ4v) is 2.59. The maximum absolute atomic E-state index is 12.2. The van der Waals surface area contributed by atoms with Crippen LogP contribution in [0.4, 0.5) is 0 Å². The Balaban J connectivity index is 1.64. The van der Waals surface area contributed by atoms with E-state index in [-0.39, 0.29) is 17.9 Å². The first-order valence-electron chi connectivity index (χ1n) is 7.86. The number of nitrogens with zero attached hydrogens (tertiary/aromatic N) is 1. The van der Waals surface area contributed by atoms with Crippen LogP contribution in [-0.2, 0) is 17.8 Å². The van der Waals surface area contributed by atoms with Gasteiger partial charge in [0.1, 0.15) is 5.82 Å². The van der Waals surface area contributed by atoms with Gasteiger partial charge in [-0.3, -0.25) is 9.59 Å². The van der Waals surface area contributed by atoms with Crippen molar-refractivity contribution in [1.82, 2.24) is 15.3 Å². The van der Waals surface area contributed by atoms with Crippen molar-refractivity contribution in [3.05, 3.63) is 86.3 Å². The second-order valence-corrected chi connectivity index (χ2v) is 6.55. The Kier molecular flexibility index (Phi) is 5.71. The van der Waals surface area contributed by atoms with Gasteiger partial charge in [0.2, 0.25) is 5.91 Å². The van der Waals surface area contributed by atoms with Crippen molar-refractivity contribution in [3.8, 4) is 11.4 Å². The van der Waals surface area contributed by atoms with E-state index >= 15 is 0 Å². The summed E-state index contributed by atoms with van der Waals surface area (Å²) in [6, 6.07) is 14.1.